The molecule has 5 heteroatoms. The number of ether oxygens (including phenoxy) is 1. The standard InChI is InChI=1S/C14H26N4O/c1-10(19-5)6-7-11-16-17-13-12(14(2,3)4)15-8-9-18(11)13/h10,12,15H,6-9H2,1-5H3. The van der Waals surface area contributed by atoms with Gasteiger partial charge in [-0.05, 0) is 18.8 Å². The van der Waals surface area contributed by atoms with Crippen molar-refractivity contribution in [1.29, 1.82) is 0 Å². The van der Waals surface area contributed by atoms with Crippen LogP contribution in [-0.4, -0.2) is 34.5 Å². The highest BCUT2D eigenvalue weighted by molar-refractivity contribution is 5.08. The van der Waals surface area contributed by atoms with Crippen molar-refractivity contribution in [2.75, 3.05) is 13.7 Å². The van der Waals surface area contributed by atoms with E-state index in [0.717, 1.165) is 37.6 Å². The van der Waals surface area contributed by atoms with Gasteiger partial charge in [0.15, 0.2) is 5.82 Å². The number of nitrogens with one attached hydrogen (secondary N) is 1. The number of methoxy groups -OCH3 is 1. The maximum atomic E-state index is 5.30. The Morgan fingerprint density at radius 1 is 1.42 bits per heavy atom. The van der Waals surface area contributed by atoms with Crippen molar-refractivity contribution in [2.45, 2.75) is 59.2 Å². The van der Waals surface area contributed by atoms with Crippen LogP contribution in [0.25, 0.3) is 0 Å². The van der Waals surface area contributed by atoms with Crippen LogP contribution in [0.5, 0.6) is 0 Å². The fraction of sp³-hybridized carbons (Fsp3) is 0.857. The molecule has 1 aliphatic rings. The molecule has 1 aromatic heterocycles. The number of aryl methyl sites for hydroxylation is 1. The second-order valence-electron chi connectivity index (χ2n) is 6.46. The second-order valence-corrected chi connectivity index (χ2v) is 6.46. The van der Waals surface area contributed by atoms with Gasteiger partial charge in [-0.3, -0.25) is 0 Å². The van der Waals surface area contributed by atoms with Gasteiger partial charge in [-0.2, -0.15) is 0 Å². The Morgan fingerprint density at radius 2 is 2.16 bits per heavy atom. The van der Waals surface area contributed by atoms with Crippen LogP contribution < -0.4 is 5.32 Å². The molecule has 0 aliphatic carbocycles. The number of hydrogen-bond acceptors (Lipinski definition) is 4. The van der Waals surface area contributed by atoms with Gasteiger partial charge in [-0.15, -0.1) is 10.2 Å². The summed E-state index contributed by atoms with van der Waals surface area (Å²) in [4.78, 5) is 0. The zero-order chi connectivity index (χ0) is 14.0. The van der Waals surface area contributed by atoms with E-state index in [1.165, 1.54) is 0 Å². The van der Waals surface area contributed by atoms with Crippen LogP contribution in [0.2, 0.25) is 0 Å². The number of hydrogen-bond donors (Lipinski definition) is 1. The van der Waals surface area contributed by atoms with Crippen molar-refractivity contribution < 1.29 is 4.74 Å². The first kappa shape index (κ1) is 14.5. The van der Waals surface area contributed by atoms with E-state index < -0.39 is 0 Å². The van der Waals surface area contributed by atoms with Gasteiger partial charge in [0.2, 0.25) is 0 Å². The molecular weight excluding hydrogens is 240 g/mol. The molecule has 2 heterocycles. The molecule has 1 N–H and O–H groups in total. The zero-order valence-corrected chi connectivity index (χ0v) is 12.7. The Bertz CT molecular complexity index is 422. The predicted molar refractivity (Wildman–Crippen MR) is 75.0 cm³/mol. The minimum atomic E-state index is 0.155. The molecule has 0 bridgehead atoms. The normalized spacial score (nSPS) is 21.2. The van der Waals surface area contributed by atoms with Crippen LogP contribution >= 0.6 is 0 Å². The summed E-state index contributed by atoms with van der Waals surface area (Å²) in [6, 6.07) is 0.280. The lowest BCUT2D eigenvalue weighted by Crippen LogP contribution is -2.41. The second kappa shape index (κ2) is 5.59. The maximum Gasteiger partial charge on any atom is 0.150 e. The van der Waals surface area contributed by atoms with E-state index in [4.69, 9.17) is 4.74 Å². The van der Waals surface area contributed by atoms with E-state index in [-0.39, 0.29) is 17.6 Å². The highest BCUT2D eigenvalue weighted by atomic mass is 16.5. The van der Waals surface area contributed by atoms with E-state index in [9.17, 15) is 0 Å². The van der Waals surface area contributed by atoms with Crippen LogP contribution in [-0.2, 0) is 17.7 Å². The molecule has 2 atom stereocenters. The van der Waals surface area contributed by atoms with Crippen molar-refractivity contribution in [2.24, 2.45) is 5.41 Å². The van der Waals surface area contributed by atoms with E-state index in [0.29, 0.717) is 0 Å². The van der Waals surface area contributed by atoms with Crippen LogP contribution in [0, 0.1) is 5.41 Å². The molecule has 0 radical (unpaired) electrons. The highest BCUT2D eigenvalue weighted by Gasteiger charge is 2.33. The average molecular weight is 266 g/mol. The SMILES string of the molecule is COC(C)CCc1nnc2n1CCNC2C(C)(C)C. The Balaban J connectivity index is 2.15. The number of fused-ring (bicyclic) bond motifs is 1. The van der Waals surface area contributed by atoms with E-state index >= 15 is 0 Å². The Hall–Kier alpha value is -0.940. The lowest BCUT2D eigenvalue weighted by atomic mass is 9.85. The molecule has 5 nitrogen and oxygen atoms in total. The third-order valence-corrected chi connectivity index (χ3v) is 3.84. The fourth-order valence-electron chi connectivity index (χ4n) is 2.55. The third-order valence-electron chi connectivity index (χ3n) is 3.84. The van der Waals surface area contributed by atoms with Crippen molar-refractivity contribution in [1.82, 2.24) is 20.1 Å². The Morgan fingerprint density at radius 3 is 2.79 bits per heavy atom. The first-order chi connectivity index (χ1) is 8.93. The van der Waals surface area contributed by atoms with Crippen LogP contribution in [0.1, 0.15) is 51.8 Å². The lowest BCUT2D eigenvalue weighted by Gasteiger charge is -2.34. The molecule has 1 aliphatic heterocycles. The molecule has 2 unspecified atom stereocenters. The summed E-state index contributed by atoms with van der Waals surface area (Å²) in [6.45, 7) is 10.8. The van der Waals surface area contributed by atoms with Crippen LogP contribution in [0.15, 0.2) is 0 Å². The number of aromatic nitrogens is 3. The quantitative estimate of drug-likeness (QED) is 0.905. The molecule has 0 spiro atoms. The summed E-state index contributed by atoms with van der Waals surface area (Å²) in [6.07, 6.45) is 2.19. The molecule has 0 saturated carbocycles. The summed E-state index contributed by atoms with van der Waals surface area (Å²) in [7, 11) is 1.75. The molecule has 0 aromatic carbocycles. The Labute approximate surface area is 115 Å². The van der Waals surface area contributed by atoms with Crippen molar-refractivity contribution in [3.63, 3.8) is 0 Å². The summed E-state index contributed by atoms with van der Waals surface area (Å²) in [5, 5.41) is 12.4. The first-order valence-corrected chi connectivity index (χ1v) is 7.11. The van der Waals surface area contributed by atoms with Crippen molar-refractivity contribution in [3.8, 4) is 0 Å². The average Bonchev–Trinajstić information content (AvgIpc) is 2.77. The molecule has 2 rings (SSSR count). The maximum absolute atomic E-state index is 5.30. The van der Waals surface area contributed by atoms with Gasteiger partial charge in [0.1, 0.15) is 5.82 Å². The lowest BCUT2D eigenvalue weighted by molar-refractivity contribution is 0.110. The molecule has 0 fully saturated rings. The van der Waals surface area contributed by atoms with Crippen molar-refractivity contribution >= 4 is 0 Å². The number of rotatable bonds is 4. The summed E-state index contributed by atoms with van der Waals surface area (Å²) in [5.41, 5.74) is 0.155. The molecule has 19 heavy (non-hydrogen) atoms. The van der Waals surface area contributed by atoms with Gasteiger partial charge < -0.3 is 14.6 Å². The van der Waals surface area contributed by atoms with Gasteiger partial charge in [0.05, 0.1) is 12.1 Å². The topological polar surface area (TPSA) is 52.0 Å². The molecule has 108 valence electrons. The largest absolute Gasteiger partial charge is 0.382 e. The van der Waals surface area contributed by atoms with Crippen molar-refractivity contribution in [3.05, 3.63) is 11.6 Å². The van der Waals surface area contributed by atoms with E-state index in [1.807, 2.05) is 0 Å². The minimum Gasteiger partial charge on any atom is -0.382 e. The van der Waals surface area contributed by atoms with Crippen LogP contribution in [0.4, 0.5) is 0 Å². The van der Waals surface area contributed by atoms with Gasteiger partial charge in [0.25, 0.3) is 0 Å². The van der Waals surface area contributed by atoms with E-state index in [1.54, 1.807) is 7.11 Å². The predicted octanol–water partition coefficient (Wildman–Crippen LogP) is 1.94. The molecular formula is C14H26N4O. The van der Waals surface area contributed by atoms with Gasteiger partial charge in [-0.25, -0.2) is 0 Å². The van der Waals surface area contributed by atoms with Gasteiger partial charge in [-0.1, -0.05) is 20.8 Å². The van der Waals surface area contributed by atoms with Crippen LogP contribution in [0.3, 0.4) is 0 Å². The molecule has 0 saturated heterocycles. The van der Waals surface area contributed by atoms with Gasteiger partial charge in [0, 0.05) is 26.6 Å². The molecule has 1 aromatic rings. The smallest absolute Gasteiger partial charge is 0.150 e. The Kier molecular flexibility index (Phi) is 4.26. The van der Waals surface area contributed by atoms with E-state index in [2.05, 4.69) is 47.8 Å². The monoisotopic (exact) mass is 266 g/mol. The summed E-state index contributed by atoms with van der Waals surface area (Å²) >= 11 is 0. The van der Waals surface area contributed by atoms with Gasteiger partial charge >= 0.3 is 0 Å². The minimum absolute atomic E-state index is 0.155. The first-order valence-electron chi connectivity index (χ1n) is 7.11. The summed E-state index contributed by atoms with van der Waals surface area (Å²) in [5.74, 6) is 2.17. The number of nitrogens with zero attached hydrogens (tertiary/aromatic N) is 3. The zero-order valence-electron chi connectivity index (χ0n) is 12.7. The summed E-state index contributed by atoms with van der Waals surface area (Å²) < 4.78 is 7.58. The fourth-order valence-corrected chi connectivity index (χ4v) is 2.55. The third kappa shape index (κ3) is 3.15. The highest BCUT2D eigenvalue weighted by Crippen LogP contribution is 2.33. The molecule has 0 amide bonds.